The number of amides is 2. The van der Waals surface area contributed by atoms with Crippen LogP contribution < -0.4 is 14.8 Å². The second-order valence-electron chi connectivity index (χ2n) is 17.4. The second kappa shape index (κ2) is 12.7. The number of urea groups is 1. The van der Waals surface area contributed by atoms with Gasteiger partial charge < -0.3 is 29.9 Å². The number of hydrogen-bond donors (Lipinski definition) is 3. The van der Waals surface area contributed by atoms with Crippen molar-refractivity contribution in [3.63, 3.8) is 0 Å². The summed E-state index contributed by atoms with van der Waals surface area (Å²) >= 11 is 1.55. The SMILES string of the molecule is COc1ccc(CN(CC2(O)CCC3C45C=CC6(C=C4C(=O)c4cc7ccccc7s4)CC(O)CCC6(C)C5CCC32C)C(=O)NC(C)C)c(OC)c1. The van der Waals surface area contributed by atoms with Crippen LogP contribution >= 0.6 is 11.3 Å². The third-order valence-corrected chi connectivity index (χ3v) is 15.7. The molecule has 53 heavy (non-hydrogen) atoms. The fourth-order valence-corrected chi connectivity index (χ4v) is 12.9. The van der Waals surface area contributed by atoms with Gasteiger partial charge in [0.25, 0.3) is 0 Å². The Balaban J connectivity index is 1.20. The number of nitrogens with one attached hydrogen (secondary N) is 1. The van der Waals surface area contributed by atoms with E-state index in [1.54, 1.807) is 30.5 Å². The summed E-state index contributed by atoms with van der Waals surface area (Å²) in [7, 11) is 3.22. The number of benzene rings is 2. The number of methoxy groups -OCH3 is 2. The first-order chi connectivity index (χ1) is 25.2. The van der Waals surface area contributed by atoms with E-state index < -0.39 is 27.9 Å². The van der Waals surface area contributed by atoms with Gasteiger partial charge in [-0.2, -0.15) is 0 Å². The molecule has 2 amide bonds. The quantitative estimate of drug-likeness (QED) is 0.151. The Bertz CT molecular complexity index is 1990. The van der Waals surface area contributed by atoms with Crippen molar-refractivity contribution in [2.24, 2.45) is 33.5 Å². The zero-order valence-electron chi connectivity index (χ0n) is 31.9. The molecule has 2 spiro atoms. The average molecular weight is 739 g/mol. The Hall–Kier alpha value is -3.66. The summed E-state index contributed by atoms with van der Waals surface area (Å²) < 4.78 is 12.3. The van der Waals surface area contributed by atoms with Gasteiger partial charge in [-0.05, 0) is 106 Å². The van der Waals surface area contributed by atoms with Crippen molar-refractivity contribution < 1.29 is 29.3 Å². The maximum atomic E-state index is 15.1. The zero-order chi connectivity index (χ0) is 37.6. The molecule has 2 bridgehead atoms. The molecule has 9 rings (SSSR count). The van der Waals surface area contributed by atoms with Crippen LogP contribution in [0.2, 0.25) is 0 Å². The maximum Gasteiger partial charge on any atom is 0.317 e. The van der Waals surface area contributed by atoms with Crippen LogP contribution in [-0.2, 0) is 6.54 Å². The summed E-state index contributed by atoms with van der Waals surface area (Å²) in [6.07, 6.45) is 11.7. The van der Waals surface area contributed by atoms with Crippen LogP contribution in [-0.4, -0.2) is 65.4 Å². The zero-order valence-corrected chi connectivity index (χ0v) is 32.7. The van der Waals surface area contributed by atoms with Gasteiger partial charge in [-0.25, -0.2) is 4.79 Å². The van der Waals surface area contributed by atoms with Gasteiger partial charge in [0, 0.05) is 44.2 Å². The third-order valence-electron chi connectivity index (χ3n) is 14.6. The van der Waals surface area contributed by atoms with Crippen molar-refractivity contribution >= 4 is 33.2 Å². The predicted octanol–water partition coefficient (Wildman–Crippen LogP) is 8.31. The smallest absolute Gasteiger partial charge is 0.317 e. The molecule has 9 heteroatoms. The van der Waals surface area contributed by atoms with Gasteiger partial charge in [0.1, 0.15) is 11.5 Å². The Kier molecular flexibility index (Phi) is 8.71. The van der Waals surface area contributed by atoms with E-state index in [2.05, 4.69) is 49.5 Å². The van der Waals surface area contributed by atoms with Crippen LogP contribution in [0.4, 0.5) is 4.79 Å². The summed E-state index contributed by atoms with van der Waals surface area (Å²) in [5.74, 6) is 1.53. The minimum absolute atomic E-state index is 0.0212. The number of fused-ring (bicyclic) bond motifs is 2. The molecule has 2 aromatic carbocycles. The lowest BCUT2D eigenvalue weighted by Crippen LogP contribution is -2.67. The van der Waals surface area contributed by atoms with E-state index in [0.717, 1.165) is 58.2 Å². The summed E-state index contributed by atoms with van der Waals surface area (Å²) in [4.78, 5) is 31.6. The number of allylic oxidation sites excluding steroid dienone is 4. The van der Waals surface area contributed by atoms with Gasteiger partial charge in [0.05, 0.1) is 43.9 Å². The average Bonchev–Trinajstić information content (AvgIpc) is 3.69. The lowest BCUT2D eigenvalue weighted by molar-refractivity contribution is -0.174. The fourth-order valence-electron chi connectivity index (χ4n) is 11.9. The molecule has 1 heterocycles. The van der Waals surface area contributed by atoms with Gasteiger partial charge in [-0.3, -0.25) is 4.79 Å². The Morgan fingerprint density at radius 3 is 2.43 bits per heavy atom. The second-order valence-corrected chi connectivity index (χ2v) is 18.5. The van der Waals surface area contributed by atoms with Crippen molar-refractivity contribution in [3.8, 4) is 11.5 Å². The van der Waals surface area contributed by atoms with Gasteiger partial charge in [-0.1, -0.05) is 50.3 Å². The Labute approximate surface area is 317 Å². The van der Waals surface area contributed by atoms with Crippen molar-refractivity contribution in [2.75, 3.05) is 20.8 Å². The first-order valence-electron chi connectivity index (χ1n) is 19.4. The van der Waals surface area contributed by atoms with E-state index in [0.29, 0.717) is 24.3 Å². The van der Waals surface area contributed by atoms with Crippen LogP contribution in [0.25, 0.3) is 10.1 Å². The molecule has 8 unspecified atom stereocenters. The van der Waals surface area contributed by atoms with E-state index in [1.807, 2.05) is 50.2 Å². The topological polar surface area (TPSA) is 108 Å². The highest BCUT2D eigenvalue weighted by molar-refractivity contribution is 7.21. The van der Waals surface area contributed by atoms with Gasteiger partial charge in [-0.15, -0.1) is 11.3 Å². The van der Waals surface area contributed by atoms with Gasteiger partial charge in [0.15, 0.2) is 5.78 Å². The summed E-state index contributed by atoms with van der Waals surface area (Å²) in [6.45, 7) is 8.91. The third kappa shape index (κ3) is 5.27. The minimum atomic E-state index is -1.21. The molecule has 0 radical (unpaired) electrons. The van der Waals surface area contributed by atoms with Crippen LogP contribution in [0.3, 0.4) is 0 Å². The predicted molar refractivity (Wildman–Crippen MR) is 208 cm³/mol. The molecule has 6 aliphatic carbocycles. The lowest BCUT2D eigenvalue weighted by atomic mass is 9.32. The summed E-state index contributed by atoms with van der Waals surface area (Å²) in [6, 6.07) is 15.5. The molecule has 1 aromatic heterocycles. The molecular formula is C44H54N2O6S. The van der Waals surface area contributed by atoms with Gasteiger partial charge in [0.2, 0.25) is 0 Å². The Morgan fingerprint density at radius 1 is 0.962 bits per heavy atom. The number of aliphatic hydroxyl groups is 2. The molecule has 8 atom stereocenters. The molecule has 6 aliphatic rings. The van der Waals surface area contributed by atoms with Crippen molar-refractivity contribution in [1.29, 1.82) is 0 Å². The van der Waals surface area contributed by atoms with Crippen molar-refractivity contribution in [3.05, 3.63) is 82.8 Å². The van der Waals surface area contributed by atoms with Crippen molar-refractivity contribution in [1.82, 2.24) is 10.2 Å². The van der Waals surface area contributed by atoms with E-state index >= 15 is 4.79 Å². The number of carbonyl (C=O) groups is 2. The molecule has 3 fully saturated rings. The molecule has 3 N–H and O–H groups in total. The molecular weight excluding hydrogens is 685 g/mol. The van der Waals surface area contributed by atoms with E-state index in [-0.39, 0.29) is 48.2 Å². The molecule has 282 valence electrons. The van der Waals surface area contributed by atoms with Gasteiger partial charge >= 0.3 is 6.03 Å². The van der Waals surface area contributed by atoms with E-state index in [4.69, 9.17) is 9.47 Å². The van der Waals surface area contributed by atoms with Crippen LogP contribution in [0, 0.1) is 33.5 Å². The number of nitrogens with zero attached hydrogens (tertiary/aromatic N) is 1. The summed E-state index contributed by atoms with van der Waals surface area (Å²) in [5, 5.41) is 28.4. The van der Waals surface area contributed by atoms with E-state index in [1.165, 1.54) is 0 Å². The number of carbonyl (C=O) groups excluding carboxylic acids is 2. The maximum absolute atomic E-state index is 15.1. The van der Waals surface area contributed by atoms with Crippen LogP contribution in [0.15, 0.2) is 72.3 Å². The normalized spacial score (nSPS) is 35.3. The number of ketones is 1. The number of ether oxygens (including phenoxy) is 2. The molecule has 3 saturated carbocycles. The molecule has 0 saturated heterocycles. The Morgan fingerprint density at radius 2 is 1.70 bits per heavy atom. The minimum Gasteiger partial charge on any atom is -0.497 e. The van der Waals surface area contributed by atoms with Crippen molar-refractivity contribution in [2.45, 2.75) is 96.9 Å². The lowest BCUT2D eigenvalue weighted by Gasteiger charge is -2.71. The fraction of sp³-hybridized carbons (Fsp3) is 0.545. The number of rotatable bonds is 9. The van der Waals surface area contributed by atoms with Crippen LogP contribution in [0.1, 0.15) is 87.9 Å². The highest BCUT2D eigenvalue weighted by Gasteiger charge is 2.74. The monoisotopic (exact) mass is 738 g/mol. The van der Waals surface area contributed by atoms with Crippen LogP contribution in [0.5, 0.6) is 11.5 Å². The molecule has 3 aromatic rings. The highest BCUT2D eigenvalue weighted by Crippen LogP contribution is 2.78. The number of hydrogen-bond acceptors (Lipinski definition) is 7. The first-order valence-corrected chi connectivity index (χ1v) is 20.2. The molecule has 0 aliphatic heterocycles. The summed E-state index contributed by atoms with van der Waals surface area (Å²) in [5.41, 5.74) is -1.22. The highest BCUT2D eigenvalue weighted by atomic mass is 32.1. The first kappa shape index (κ1) is 36.3. The number of thiophene rings is 1. The largest absolute Gasteiger partial charge is 0.497 e. The number of aliphatic hydroxyl groups excluding tert-OH is 1. The number of Topliss-reactive ketones (excluding diaryl/α,β-unsaturated/α-hetero) is 1. The molecule has 8 nitrogen and oxygen atoms in total. The standard InChI is InChI=1S/C44H54N2O6S/c1-27(2)45-39(49)46(25-29-11-12-31(51-5)22-33(29)52-6)26-43(50)18-15-37-41(43,4)17-14-36-40(3)16-13-30(47)23-42(40)19-20-44(36,37)32(24-42)38(48)35-21-28-9-7-8-10-34(28)53-35/h7-12,19-22,24,27,30,36-37,47,50H,13-18,23,25-26H2,1-6H3,(H,45,49). The van der Waals surface area contributed by atoms with E-state index in [9.17, 15) is 15.0 Å².